The maximum atomic E-state index is 5.29. The average molecular weight is 312 g/mol. The van der Waals surface area contributed by atoms with Crippen LogP contribution >= 0.6 is 0 Å². The molecule has 0 bridgehead atoms. The molecule has 2 saturated carbocycles. The molecule has 2 aliphatic rings. The number of hydrogen-bond acceptors (Lipinski definition) is 1. The predicted octanol–water partition coefficient (Wildman–Crippen LogP) is 6.35. The second kappa shape index (κ2) is 8.04. The van der Waals surface area contributed by atoms with E-state index in [1.807, 2.05) is 0 Å². The Balaban J connectivity index is 1.55. The van der Waals surface area contributed by atoms with Gasteiger partial charge in [-0.25, -0.2) is 0 Å². The van der Waals surface area contributed by atoms with Crippen molar-refractivity contribution in [2.75, 3.05) is 7.11 Å². The molecule has 0 amide bonds. The third kappa shape index (κ3) is 4.19. The standard InChI is InChI=1S/C22H32O/c1-3-4-5-6-17-7-8-21-16-20(10-9-19(21)15-17)18-11-13-22(23-2)14-12-18/h5-6,11-14,17,19-21H,3-4,7-10,15-16H2,1-2H3/t17-,19-,20?,21-/m1/s1. The van der Waals surface area contributed by atoms with Gasteiger partial charge in [0.1, 0.15) is 5.75 Å². The van der Waals surface area contributed by atoms with Crippen LogP contribution in [-0.2, 0) is 0 Å². The van der Waals surface area contributed by atoms with E-state index in [1.165, 1.54) is 56.9 Å². The van der Waals surface area contributed by atoms with Gasteiger partial charge in [0.2, 0.25) is 0 Å². The maximum Gasteiger partial charge on any atom is 0.118 e. The molecule has 2 aliphatic carbocycles. The van der Waals surface area contributed by atoms with E-state index < -0.39 is 0 Å². The molecule has 0 aromatic heterocycles. The second-order valence-corrected chi connectivity index (χ2v) is 7.59. The van der Waals surface area contributed by atoms with Gasteiger partial charge < -0.3 is 4.74 Å². The van der Waals surface area contributed by atoms with Crippen LogP contribution in [0.15, 0.2) is 36.4 Å². The fraction of sp³-hybridized carbons (Fsp3) is 0.636. The van der Waals surface area contributed by atoms with Gasteiger partial charge in [0, 0.05) is 0 Å². The summed E-state index contributed by atoms with van der Waals surface area (Å²) in [6.45, 7) is 2.27. The van der Waals surface area contributed by atoms with Crippen molar-refractivity contribution < 1.29 is 4.74 Å². The van der Waals surface area contributed by atoms with E-state index in [0.717, 1.165) is 29.4 Å². The molecule has 0 aliphatic heterocycles. The summed E-state index contributed by atoms with van der Waals surface area (Å²) < 4.78 is 5.29. The SMILES string of the molecule is CCCC=C[C@@H]1CC[C@@H]2CC(c3ccc(OC)cc3)CC[C@@H]2C1. The first-order valence-corrected chi connectivity index (χ1v) is 9.60. The molecule has 0 heterocycles. The molecule has 3 rings (SSSR count). The summed E-state index contributed by atoms with van der Waals surface area (Å²) in [5, 5.41) is 0. The highest BCUT2D eigenvalue weighted by Gasteiger charge is 2.35. The molecule has 0 spiro atoms. The molecular weight excluding hydrogens is 280 g/mol. The normalized spacial score (nSPS) is 31.0. The van der Waals surface area contributed by atoms with Gasteiger partial charge in [-0.1, -0.05) is 37.6 Å². The zero-order valence-corrected chi connectivity index (χ0v) is 14.8. The Morgan fingerprint density at radius 3 is 2.48 bits per heavy atom. The van der Waals surface area contributed by atoms with Crippen molar-refractivity contribution >= 4 is 0 Å². The highest BCUT2D eigenvalue weighted by molar-refractivity contribution is 5.29. The van der Waals surface area contributed by atoms with Gasteiger partial charge in [0.15, 0.2) is 0 Å². The highest BCUT2D eigenvalue weighted by Crippen LogP contribution is 2.47. The molecule has 126 valence electrons. The fourth-order valence-electron chi connectivity index (χ4n) is 4.73. The number of ether oxygens (including phenoxy) is 1. The summed E-state index contributed by atoms with van der Waals surface area (Å²) in [4.78, 5) is 0. The number of benzene rings is 1. The van der Waals surface area contributed by atoms with Crippen LogP contribution in [0.4, 0.5) is 0 Å². The van der Waals surface area contributed by atoms with Crippen molar-refractivity contribution in [3.05, 3.63) is 42.0 Å². The first-order chi connectivity index (χ1) is 11.3. The monoisotopic (exact) mass is 312 g/mol. The summed E-state index contributed by atoms with van der Waals surface area (Å²) in [6.07, 6.45) is 16.0. The molecule has 1 unspecified atom stereocenters. The number of methoxy groups -OCH3 is 1. The second-order valence-electron chi connectivity index (χ2n) is 7.59. The van der Waals surface area contributed by atoms with Gasteiger partial charge in [-0.15, -0.1) is 0 Å². The Labute approximate surface area is 142 Å². The van der Waals surface area contributed by atoms with E-state index in [4.69, 9.17) is 4.74 Å². The van der Waals surface area contributed by atoms with E-state index >= 15 is 0 Å². The number of unbranched alkanes of at least 4 members (excludes halogenated alkanes) is 1. The minimum atomic E-state index is 0.773. The molecule has 23 heavy (non-hydrogen) atoms. The quantitative estimate of drug-likeness (QED) is 0.575. The van der Waals surface area contributed by atoms with Gasteiger partial charge in [0.25, 0.3) is 0 Å². The third-order valence-electron chi connectivity index (χ3n) is 6.10. The van der Waals surface area contributed by atoms with Crippen molar-refractivity contribution in [2.45, 2.75) is 64.2 Å². The summed E-state index contributed by atoms with van der Waals surface area (Å²) in [5.74, 6) is 4.55. The van der Waals surface area contributed by atoms with Crippen molar-refractivity contribution in [3.63, 3.8) is 0 Å². The van der Waals surface area contributed by atoms with Crippen LogP contribution in [0, 0.1) is 17.8 Å². The zero-order valence-electron chi connectivity index (χ0n) is 14.8. The van der Waals surface area contributed by atoms with Crippen LogP contribution in [0.25, 0.3) is 0 Å². The molecule has 1 heteroatoms. The fourth-order valence-corrected chi connectivity index (χ4v) is 4.73. The molecule has 0 saturated heterocycles. The summed E-state index contributed by atoms with van der Waals surface area (Å²) in [6, 6.07) is 8.81. The summed E-state index contributed by atoms with van der Waals surface area (Å²) in [7, 11) is 1.74. The third-order valence-corrected chi connectivity index (χ3v) is 6.10. The molecule has 1 aromatic rings. The van der Waals surface area contributed by atoms with E-state index in [-0.39, 0.29) is 0 Å². The van der Waals surface area contributed by atoms with Gasteiger partial charge in [-0.3, -0.25) is 0 Å². The first kappa shape index (κ1) is 16.6. The minimum absolute atomic E-state index is 0.773. The smallest absolute Gasteiger partial charge is 0.118 e. The van der Waals surface area contributed by atoms with Crippen LogP contribution in [0.5, 0.6) is 5.75 Å². The van der Waals surface area contributed by atoms with Crippen molar-refractivity contribution in [1.29, 1.82) is 0 Å². The van der Waals surface area contributed by atoms with E-state index in [2.05, 4.69) is 43.3 Å². The number of allylic oxidation sites excluding steroid dienone is 2. The lowest BCUT2D eigenvalue weighted by atomic mass is 9.64. The van der Waals surface area contributed by atoms with Crippen LogP contribution in [0.3, 0.4) is 0 Å². The predicted molar refractivity (Wildman–Crippen MR) is 98.0 cm³/mol. The van der Waals surface area contributed by atoms with E-state index in [1.54, 1.807) is 7.11 Å². The van der Waals surface area contributed by atoms with Crippen LogP contribution in [0.2, 0.25) is 0 Å². The Morgan fingerprint density at radius 2 is 1.74 bits per heavy atom. The van der Waals surface area contributed by atoms with Crippen molar-refractivity contribution in [3.8, 4) is 5.75 Å². The largest absolute Gasteiger partial charge is 0.497 e. The van der Waals surface area contributed by atoms with E-state index in [0.29, 0.717) is 0 Å². The first-order valence-electron chi connectivity index (χ1n) is 9.60. The average Bonchev–Trinajstić information content (AvgIpc) is 2.61. The van der Waals surface area contributed by atoms with Gasteiger partial charge in [-0.05, 0) is 86.3 Å². The van der Waals surface area contributed by atoms with E-state index in [9.17, 15) is 0 Å². The Kier molecular flexibility index (Phi) is 5.80. The Hall–Kier alpha value is -1.24. The Bertz CT molecular complexity index is 501. The Morgan fingerprint density at radius 1 is 1.00 bits per heavy atom. The number of fused-ring (bicyclic) bond motifs is 1. The highest BCUT2D eigenvalue weighted by atomic mass is 16.5. The molecule has 1 aromatic carbocycles. The zero-order chi connectivity index (χ0) is 16.1. The van der Waals surface area contributed by atoms with Gasteiger partial charge in [-0.2, -0.15) is 0 Å². The van der Waals surface area contributed by atoms with Crippen LogP contribution in [-0.4, -0.2) is 7.11 Å². The number of hydrogen-bond donors (Lipinski definition) is 0. The van der Waals surface area contributed by atoms with Crippen LogP contribution in [0.1, 0.15) is 69.8 Å². The minimum Gasteiger partial charge on any atom is -0.497 e. The van der Waals surface area contributed by atoms with Crippen molar-refractivity contribution in [2.24, 2.45) is 17.8 Å². The lowest BCUT2D eigenvalue weighted by Gasteiger charge is -2.41. The lowest BCUT2D eigenvalue weighted by molar-refractivity contribution is 0.133. The van der Waals surface area contributed by atoms with Gasteiger partial charge >= 0.3 is 0 Å². The molecule has 1 nitrogen and oxygen atoms in total. The maximum absolute atomic E-state index is 5.29. The number of rotatable bonds is 5. The topological polar surface area (TPSA) is 9.23 Å². The summed E-state index contributed by atoms with van der Waals surface area (Å²) in [5.41, 5.74) is 1.52. The molecular formula is C22H32O. The molecule has 0 N–H and O–H groups in total. The molecule has 0 radical (unpaired) electrons. The summed E-state index contributed by atoms with van der Waals surface area (Å²) >= 11 is 0. The van der Waals surface area contributed by atoms with Gasteiger partial charge in [0.05, 0.1) is 7.11 Å². The molecule has 2 fully saturated rings. The lowest BCUT2D eigenvalue weighted by Crippen LogP contribution is -2.30. The van der Waals surface area contributed by atoms with Crippen LogP contribution < -0.4 is 4.74 Å². The molecule has 4 atom stereocenters. The van der Waals surface area contributed by atoms with Crippen molar-refractivity contribution in [1.82, 2.24) is 0 Å².